The van der Waals surface area contributed by atoms with Crippen molar-refractivity contribution in [2.24, 2.45) is 5.41 Å². The molecule has 0 fully saturated rings. The van der Waals surface area contributed by atoms with Crippen LogP contribution in [-0.2, 0) is 5.41 Å². The number of carbonyl (C=O) groups is 1. The average Bonchev–Trinajstić information content (AvgIpc) is 2.24. The zero-order chi connectivity index (χ0) is 14.8. The summed E-state index contributed by atoms with van der Waals surface area (Å²) in [7, 11) is 0. The van der Waals surface area contributed by atoms with E-state index in [0.29, 0.717) is 6.54 Å². The van der Waals surface area contributed by atoms with E-state index in [4.69, 9.17) is 0 Å². The lowest BCUT2D eigenvalue weighted by molar-refractivity contribution is 0.0935. The molecule has 0 aliphatic rings. The van der Waals surface area contributed by atoms with Gasteiger partial charge in [0.15, 0.2) is 0 Å². The predicted molar refractivity (Wildman–Crippen MR) is 76.9 cm³/mol. The van der Waals surface area contributed by atoms with E-state index < -0.39 is 5.82 Å². The molecule has 1 N–H and O–H groups in total. The molecule has 0 bridgehead atoms. The molecule has 0 aromatic heterocycles. The summed E-state index contributed by atoms with van der Waals surface area (Å²) in [6.07, 6.45) is 0. The molecule has 0 aliphatic carbocycles. The maximum Gasteiger partial charge on any atom is 0.254 e. The fraction of sp³-hybridized carbons (Fsp3) is 0.562. The summed E-state index contributed by atoms with van der Waals surface area (Å²) in [6.45, 7) is 12.7. The van der Waals surface area contributed by atoms with Gasteiger partial charge in [-0.15, -0.1) is 0 Å². The fourth-order valence-corrected chi connectivity index (χ4v) is 1.61. The lowest BCUT2D eigenvalue weighted by atomic mass is 9.86. The Morgan fingerprint density at radius 3 is 2.21 bits per heavy atom. The average molecular weight is 265 g/mol. The molecule has 3 heteroatoms. The highest BCUT2D eigenvalue weighted by Gasteiger charge is 2.20. The summed E-state index contributed by atoms with van der Waals surface area (Å²) in [5.74, 6) is -0.821. The molecule has 0 aliphatic heterocycles. The molecule has 19 heavy (non-hydrogen) atoms. The number of hydrogen-bond donors (Lipinski definition) is 1. The zero-order valence-electron chi connectivity index (χ0n) is 12.7. The molecular weight excluding hydrogens is 241 g/mol. The number of rotatable bonds is 2. The minimum atomic E-state index is -0.473. The van der Waals surface area contributed by atoms with Crippen LogP contribution in [0.25, 0.3) is 0 Å². The number of amides is 1. The number of nitrogens with one attached hydrogen (secondary N) is 1. The van der Waals surface area contributed by atoms with Gasteiger partial charge in [-0.05, 0) is 28.5 Å². The lowest BCUT2D eigenvalue weighted by Gasteiger charge is -2.21. The van der Waals surface area contributed by atoms with Crippen LogP contribution in [0.15, 0.2) is 18.2 Å². The monoisotopic (exact) mass is 265 g/mol. The molecule has 1 rings (SSSR count). The number of hydrogen-bond acceptors (Lipinski definition) is 1. The van der Waals surface area contributed by atoms with E-state index in [9.17, 15) is 9.18 Å². The summed E-state index contributed by atoms with van der Waals surface area (Å²) >= 11 is 0. The highest BCUT2D eigenvalue weighted by Crippen LogP contribution is 2.24. The molecule has 0 saturated heterocycles. The van der Waals surface area contributed by atoms with Crippen molar-refractivity contribution in [3.8, 4) is 0 Å². The van der Waals surface area contributed by atoms with Crippen LogP contribution >= 0.6 is 0 Å². The number of carbonyl (C=O) groups excluding carboxylic acids is 1. The SMILES string of the molecule is CC(C)(C)CNC(=O)c1cc(C(C)(C)C)ccc1F. The van der Waals surface area contributed by atoms with Gasteiger partial charge in [-0.25, -0.2) is 4.39 Å². The first-order valence-corrected chi connectivity index (χ1v) is 6.59. The molecule has 0 spiro atoms. The Balaban J connectivity index is 2.97. The van der Waals surface area contributed by atoms with Crippen LogP contribution in [0.2, 0.25) is 0 Å². The first-order valence-electron chi connectivity index (χ1n) is 6.59. The van der Waals surface area contributed by atoms with E-state index >= 15 is 0 Å². The van der Waals surface area contributed by atoms with Gasteiger partial charge >= 0.3 is 0 Å². The maximum absolute atomic E-state index is 13.8. The van der Waals surface area contributed by atoms with Crippen molar-refractivity contribution in [1.29, 1.82) is 0 Å². The summed E-state index contributed by atoms with van der Waals surface area (Å²) in [6, 6.07) is 4.75. The molecule has 2 nitrogen and oxygen atoms in total. The van der Waals surface area contributed by atoms with Gasteiger partial charge in [0.2, 0.25) is 0 Å². The molecule has 106 valence electrons. The quantitative estimate of drug-likeness (QED) is 0.863. The van der Waals surface area contributed by atoms with Gasteiger partial charge in [0, 0.05) is 6.54 Å². The second-order valence-electron chi connectivity index (χ2n) is 7.19. The lowest BCUT2D eigenvalue weighted by Crippen LogP contribution is -2.33. The molecule has 0 unspecified atom stereocenters. The summed E-state index contributed by atoms with van der Waals surface area (Å²) in [5.41, 5.74) is 0.951. The third-order valence-corrected chi connectivity index (χ3v) is 2.86. The standard InChI is InChI=1S/C16H24FNO/c1-15(2,3)10-18-14(19)12-9-11(16(4,5)6)7-8-13(12)17/h7-9H,10H2,1-6H3,(H,18,19). The van der Waals surface area contributed by atoms with E-state index in [0.717, 1.165) is 5.56 Å². The fourth-order valence-electron chi connectivity index (χ4n) is 1.61. The van der Waals surface area contributed by atoms with Crippen LogP contribution in [0.5, 0.6) is 0 Å². The summed E-state index contributed by atoms with van der Waals surface area (Å²) < 4.78 is 13.8. The molecular formula is C16H24FNO. The van der Waals surface area contributed by atoms with Crippen LogP contribution < -0.4 is 5.32 Å². The Morgan fingerprint density at radius 1 is 1.16 bits per heavy atom. The molecule has 0 saturated carbocycles. The van der Waals surface area contributed by atoms with Crippen molar-refractivity contribution < 1.29 is 9.18 Å². The summed E-state index contributed by atoms with van der Waals surface area (Å²) in [4.78, 5) is 12.0. The second kappa shape index (κ2) is 5.32. The number of halogens is 1. The van der Waals surface area contributed by atoms with E-state index in [1.807, 2.05) is 41.5 Å². The van der Waals surface area contributed by atoms with Crippen LogP contribution in [0.3, 0.4) is 0 Å². The van der Waals surface area contributed by atoms with Gasteiger partial charge in [-0.2, -0.15) is 0 Å². The molecule has 1 amide bonds. The Kier molecular flexibility index (Phi) is 4.39. The van der Waals surface area contributed by atoms with Crippen LogP contribution in [0, 0.1) is 11.2 Å². The van der Waals surface area contributed by atoms with Crippen molar-refractivity contribution in [2.45, 2.75) is 47.0 Å². The third-order valence-electron chi connectivity index (χ3n) is 2.86. The highest BCUT2D eigenvalue weighted by molar-refractivity contribution is 5.94. The highest BCUT2D eigenvalue weighted by atomic mass is 19.1. The first kappa shape index (κ1) is 15.7. The topological polar surface area (TPSA) is 29.1 Å². The minimum absolute atomic E-state index is 0.0201. The smallest absolute Gasteiger partial charge is 0.254 e. The molecule has 1 aromatic rings. The zero-order valence-corrected chi connectivity index (χ0v) is 12.7. The second-order valence-corrected chi connectivity index (χ2v) is 7.19. The van der Waals surface area contributed by atoms with Crippen LogP contribution in [0.1, 0.15) is 57.5 Å². The van der Waals surface area contributed by atoms with Crippen LogP contribution in [0.4, 0.5) is 4.39 Å². The Labute approximate surface area is 115 Å². The normalized spacial score (nSPS) is 12.4. The van der Waals surface area contributed by atoms with E-state index in [2.05, 4.69) is 5.32 Å². The largest absolute Gasteiger partial charge is 0.351 e. The van der Waals surface area contributed by atoms with Crippen molar-refractivity contribution in [3.63, 3.8) is 0 Å². The minimum Gasteiger partial charge on any atom is -0.351 e. The van der Waals surface area contributed by atoms with E-state index in [-0.39, 0.29) is 22.3 Å². The van der Waals surface area contributed by atoms with Gasteiger partial charge in [0.05, 0.1) is 5.56 Å². The van der Waals surface area contributed by atoms with Gasteiger partial charge in [0.25, 0.3) is 5.91 Å². The van der Waals surface area contributed by atoms with Gasteiger partial charge < -0.3 is 5.32 Å². The molecule has 1 aromatic carbocycles. The Hall–Kier alpha value is -1.38. The molecule has 0 radical (unpaired) electrons. The van der Waals surface area contributed by atoms with Crippen LogP contribution in [-0.4, -0.2) is 12.5 Å². The molecule has 0 atom stereocenters. The van der Waals surface area contributed by atoms with Crippen molar-refractivity contribution in [1.82, 2.24) is 5.32 Å². The third kappa shape index (κ3) is 4.66. The van der Waals surface area contributed by atoms with Crippen molar-refractivity contribution in [3.05, 3.63) is 35.1 Å². The maximum atomic E-state index is 13.8. The Bertz CT molecular complexity index is 467. The van der Waals surface area contributed by atoms with Crippen molar-refractivity contribution >= 4 is 5.91 Å². The van der Waals surface area contributed by atoms with Gasteiger partial charge in [-0.1, -0.05) is 47.6 Å². The number of benzene rings is 1. The predicted octanol–water partition coefficient (Wildman–Crippen LogP) is 3.90. The Morgan fingerprint density at radius 2 is 1.74 bits per heavy atom. The van der Waals surface area contributed by atoms with E-state index in [1.54, 1.807) is 12.1 Å². The summed E-state index contributed by atoms with van der Waals surface area (Å²) in [5, 5.41) is 2.78. The molecule has 0 heterocycles. The van der Waals surface area contributed by atoms with Gasteiger partial charge in [0.1, 0.15) is 5.82 Å². The first-order chi connectivity index (χ1) is 8.50. The van der Waals surface area contributed by atoms with E-state index in [1.165, 1.54) is 6.07 Å². The van der Waals surface area contributed by atoms with Crippen molar-refractivity contribution in [2.75, 3.05) is 6.54 Å². The van der Waals surface area contributed by atoms with Gasteiger partial charge in [-0.3, -0.25) is 4.79 Å².